The molecule has 0 aromatic heterocycles. The summed E-state index contributed by atoms with van der Waals surface area (Å²) in [4.78, 5) is 15.0. The van der Waals surface area contributed by atoms with Crippen LogP contribution in [0.4, 0.5) is 0 Å². The molecule has 21 heavy (non-hydrogen) atoms. The summed E-state index contributed by atoms with van der Waals surface area (Å²) >= 11 is 0. The van der Waals surface area contributed by atoms with Crippen LogP contribution in [0.25, 0.3) is 0 Å². The van der Waals surface area contributed by atoms with Gasteiger partial charge in [-0.15, -0.1) is 0 Å². The van der Waals surface area contributed by atoms with Crippen molar-refractivity contribution in [2.45, 2.75) is 39.7 Å². The normalized spacial score (nSPS) is 25.8. The van der Waals surface area contributed by atoms with Gasteiger partial charge < -0.3 is 4.74 Å². The minimum atomic E-state index is -0.136. The molecule has 3 nitrogen and oxygen atoms in total. The van der Waals surface area contributed by atoms with Crippen LogP contribution >= 0.6 is 0 Å². The lowest BCUT2D eigenvalue weighted by molar-refractivity contribution is -0.135. The fraction of sp³-hybridized carbons (Fsp3) is 0.611. The zero-order valence-electron chi connectivity index (χ0n) is 13.1. The van der Waals surface area contributed by atoms with Crippen LogP contribution in [0.5, 0.6) is 5.75 Å². The van der Waals surface area contributed by atoms with E-state index in [9.17, 15) is 4.79 Å². The van der Waals surface area contributed by atoms with E-state index >= 15 is 0 Å². The summed E-state index contributed by atoms with van der Waals surface area (Å²) in [6, 6.07) is 8.23. The average Bonchev–Trinajstić information content (AvgIpc) is 2.65. The number of benzene rings is 1. The second-order valence-electron chi connectivity index (χ2n) is 7.03. The Labute approximate surface area is 127 Å². The second kappa shape index (κ2) is 5.80. The lowest BCUT2D eigenvalue weighted by Crippen LogP contribution is -2.42. The summed E-state index contributed by atoms with van der Waals surface area (Å²) in [5, 5.41) is 0. The Kier molecular flexibility index (Phi) is 4.03. The molecule has 3 heteroatoms. The molecule has 1 saturated carbocycles. The SMILES string of the molecule is CC1(C)CCCC(CN2CCOc3ccccc3C2)C1=O. The maximum atomic E-state index is 12.6. The van der Waals surface area contributed by atoms with Gasteiger partial charge in [0.05, 0.1) is 0 Å². The Morgan fingerprint density at radius 1 is 1.33 bits per heavy atom. The first-order valence-electron chi connectivity index (χ1n) is 8.04. The molecule has 0 saturated heterocycles. The van der Waals surface area contributed by atoms with Crippen molar-refractivity contribution in [1.29, 1.82) is 0 Å². The van der Waals surface area contributed by atoms with Gasteiger partial charge in [0.25, 0.3) is 0 Å². The minimum Gasteiger partial charge on any atom is -0.492 e. The highest BCUT2D eigenvalue weighted by Crippen LogP contribution is 2.36. The fourth-order valence-corrected chi connectivity index (χ4v) is 3.62. The Bertz CT molecular complexity index is 524. The molecule has 1 aliphatic heterocycles. The van der Waals surface area contributed by atoms with Crippen LogP contribution < -0.4 is 4.74 Å². The molecule has 0 amide bonds. The van der Waals surface area contributed by atoms with Crippen molar-refractivity contribution in [2.75, 3.05) is 19.7 Å². The monoisotopic (exact) mass is 287 g/mol. The van der Waals surface area contributed by atoms with Crippen molar-refractivity contribution in [3.63, 3.8) is 0 Å². The number of nitrogens with zero attached hydrogens (tertiary/aromatic N) is 1. The number of carbonyl (C=O) groups is 1. The summed E-state index contributed by atoms with van der Waals surface area (Å²) in [6.07, 6.45) is 3.25. The number of ether oxygens (including phenoxy) is 1. The highest BCUT2D eigenvalue weighted by atomic mass is 16.5. The molecule has 1 aromatic carbocycles. The quantitative estimate of drug-likeness (QED) is 0.836. The average molecular weight is 287 g/mol. The summed E-state index contributed by atoms with van der Waals surface area (Å²) in [5.74, 6) is 1.64. The lowest BCUT2D eigenvalue weighted by atomic mass is 9.71. The molecule has 1 fully saturated rings. The van der Waals surface area contributed by atoms with E-state index in [2.05, 4.69) is 30.9 Å². The number of Topliss-reactive ketones (excluding diaryl/α,β-unsaturated/α-hetero) is 1. The highest BCUT2D eigenvalue weighted by Gasteiger charge is 2.37. The third kappa shape index (κ3) is 3.13. The van der Waals surface area contributed by atoms with E-state index in [-0.39, 0.29) is 11.3 Å². The van der Waals surface area contributed by atoms with Gasteiger partial charge in [-0.05, 0) is 18.9 Å². The minimum absolute atomic E-state index is 0.136. The van der Waals surface area contributed by atoms with Crippen LogP contribution in [0.3, 0.4) is 0 Å². The number of ketones is 1. The van der Waals surface area contributed by atoms with E-state index in [1.165, 1.54) is 12.0 Å². The predicted octanol–water partition coefficient (Wildman–Crippen LogP) is 3.28. The van der Waals surface area contributed by atoms with E-state index in [1.54, 1.807) is 0 Å². The van der Waals surface area contributed by atoms with Crippen LogP contribution in [0.2, 0.25) is 0 Å². The molecular formula is C18H25NO2. The van der Waals surface area contributed by atoms with Crippen LogP contribution in [0.1, 0.15) is 38.7 Å². The van der Waals surface area contributed by atoms with Gasteiger partial charge in [-0.25, -0.2) is 0 Å². The van der Waals surface area contributed by atoms with Gasteiger partial charge in [0.15, 0.2) is 0 Å². The molecule has 2 aliphatic rings. The first kappa shape index (κ1) is 14.6. The van der Waals surface area contributed by atoms with Gasteiger partial charge in [-0.3, -0.25) is 9.69 Å². The van der Waals surface area contributed by atoms with Gasteiger partial charge in [0.2, 0.25) is 0 Å². The van der Waals surface area contributed by atoms with Crippen molar-refractivity contribution in [3.05, 3.63) is 29.8 Å². The van der Waals surface area contributed by atoms with Crippen molar-refractivity contribution in [2.24, 2.45) is 11.3 Å². The van der Waals surface area contributed by atoms with E-state index in [0.29, 0.717) is 12.4 Å². The first-order chi connectivity index (χ1) is 10.1. The molecule has 1 atom stereocenters. The topological polar surface area (TPSA) is 29.5 Å². The number of hydrogen-bond donors (Lipinski definition) is 0. The summed E-state index contributed by atoms with van der Waals surface area (Å²) in [5.41, 5.74) is 1.10. The summed E-state index contributed by atoms with van der Waals surface area (Å²) in [7, 11) is 0. The van der Waals surface area contributed by atoms with Crippen molar-refractivity contribution >= 4 is 5.78 Å². The predicted molar refractivity (Wildman–Crippen MR) is 83.3 cm³/mol. The molecule has 1 aromatic rings. The third-order valence-corrected chi connectivity index (χ3v) is 4.90. The smallest absolute Gasteiger partial charge is 0.142 e. The van der Waals surface area contributed by atoms with Crippen molar-refractivity contribution in [1.82, 2.24) is 4.90 Å². The van der Waals surface area contributed by atoms with Gasteiger partial charge in [0.1, 0.15) is 18.1 Å². The van der Waals surface area contributed by atoms with Gasteiger partial charge in [-0.1, -0.05) is 38.5 Å². The maximum absolute atomic E-state index is 12.6. The Balaban J connectivity index is 1.69. The number of rotatable bonds is 2. The van der Waals surface area contributed by atoms with Gasteiger partial charge in [-0.2, -0.15) is 0 Å². The Hall–Kier alpha value is -1.35. The largest absolute Gasteiger partial charge is 0.492 e. The molecule has 0 spiro atoms. The molecular weight excluding hydrogens is 262 g/mol. The molecule has 114 valence electrons. The number of para-hydroxylation sites is 1. The Morgan fingerprint density at radius 2 is 2.14 bits per heavy atom. The lowest BCUT2D eigenvalue weighted by Gasteiger charge is -2.36. The summed E-state index contributed by atoms with van der Waals surface area (Å²) < 4.78 is 5.81. The van der Waals surface area contributed by atoms with E-state index in [0.717, 1.165) is 38.2 Å². The maximum Gasteiger partial charge on any atom is 0.142 e. The standard InChI is InChI=1S/C18H25NO2/c1-18(2)9-5-7-15(17(18)20)13-19-10-11-21-16-8-4-3-6-14(16)12-19/h3-4,6,8,15H,5,7,9-13H2,1-2H3. The van der Waals surface area contributed by atoms with E-state index < -0.39 is 0 Å². The fourth-order valence-electron chi connectivity index (χ4n) is 3.62. The number of carbonyl (C=O) groups excluding carboxylic acids is 1. The van der Waals surface area contributed by atoms with Crippen LogP contribution in [0.15, 0.2) is 24.3 Å². The number of fused-ring (bicyclic) bond motifs is 1. The molecule has 1 aliphatic carbocycles. The van der Waals surface area contributed by atoms with Crippen LogP contribution in [-0.4, -0.2) is 30.4 Å². The van der Waals surface area contributed by atoms with Crippen LogP contribution in [0, 0.1) is 11.3 Å². The molecule has 1 unspecified atom stereocenters. The van der Waals surface area contributed by atoms with E-state index in [1.807, 2.05) is 12.1 Å². The van der Waals surface area contributed by atoms with Gasteiger partial charge >= 0.3 is 0 Å². The molecule has 1 heterocycles. The zero-order chi connectivity index (χ0) is 14.9. The molecule has 0 N–H and O–H groups in total. The van der Waals surface area contributed by atoms with Crippen molar-refractivity contribution in [3.8, 4) is 5.75 Å². The molecule has 0 bridgehead atoms. The molecule has 3 rings (SSSR count). The van der Waals surface area contributed by atoms with Crippen LogP contribution in [-0.2, 0) is 11.3 Å². The second-order valence-corrected chi connectivity index (χ2v) is 7.03. The Morgan fingerprint density at radius 3 is 3.00 bits per heavy atom. The summed E-state index contributed by atoms with van der Waals surface area (Å²) in [6.45, 7) is 7.57. The number of hydrogen-bond acceptors (Lipinski definition) is 3. The first-order valence-corrected chi connectivity index (χ1v) is 8.04. The third-order valence-electron chi connectivity index (χ3n) is 4.90. The zero-order valence-corrected chi connectivity index (χ0v) is 13.1. The molecule has 0 radical (unpaired) electrons. The van der Waals surface area contributed by atoms with Gasteiger partial charge in [0, 0.05) is 36.5 Å². The van der Waals surface area contributed by atoms with Crippen molar-refractivity contribution < 1.29 is 9.53 Å². The van der Waals surface area contributed by atoms with E-state index in [4.69, 9.17) is 4.74 Å². The highest BCUT2D eigenvalue weighted by molar-refractivity contribution is 5.87.